The van der Waals surface area contributed by atoms with Gasteiger partial charge in [-0.25, -0.2) is 4.79 Å². The molecule has 1 atom stereocenters. The molecule has 2 N–H and O–H groups in total. The molecule has 0 aliphatic heterocycles. The Morgan fingerprint density at radius 3 is 2.68 bits per heavy atom. The van der Waals surface area contributed by atoms with Gasteiger partial charge in [-0.15, -0.1) is 0 Å². The van der Waals surface area contributed by atoms with Gasteiger partial charge in [-0.1, -0.05) is 24.3 Å². The highest BCUT2D eigenvalue weighted by Gasteiger charge is 2.30. The van der Waals surface area contributed by atoms with Gasteiger partial charge in [-0.3, -0.25) is 0 Å². The summed E-state index contributed by atoms with van der Waals surface area (Å²) in [5, 5.41) is 19.5. The van der Waals surface area contributed by atoms with Crippen LogP contribution in [0.1, 0.15) is 52.1 Å². The van der Waals surface area contributed by atoms with Gasteiger partial charge in [-0.05, 0) is 36.0 Å². The molecular formula is C15H14O4. The largest absolute Gasteiger partial charge is 0.478 e. The van der Waals surface area contributed by atoms with Crippen molar-refractivity contribution < 1.29 is 19.4 Å². The molecule has 1 saturated carbocycles. The minimum atomic E-state index is -1.09. The molecule has 0 bridgehead atoms. The third-order valence-electron chi connectivity index (χ3n) is 3.48. The lowest BCUT2D eigenvalue weighted by atomic mass is 9.96. The standard InChI is InChI=1S/C15H14O4/c16-13(14-12(15(17)18)7-8-19-14)11-4-2-1-3-10(11)9-5-6-9/h1-4,7-9,13,16H,5-6H2,(H,17,18). The first-order valence-corrected chi connectivity index (χ1v) is 6.26. The lowest BCUT2D eigenvalue weighted by Gasteiger charge is -2.14. The van der Waals surface area contributed by atoms with Gasteiger partial charge in [-0.2, -0.15) is 0 Å². The highest BCUT2D eigenvalue weighted by Crippen LogP contribution is 2.44. The third kappa shape index (κ3) is 2.15. The van der Waals surface area contributed by atoms with Crippen LogP contribution in [-0.2, 0) is 0 Å². The second kappa shape index (κ2) is 4.55. The zero-order valence-corrected chi connectivity index (χ0v) is 10.2. The van der Waals surface area contributed by atoms with Crippen LogP contribution < -0.4 is 0 Å². The summed E-state index contributed by atoms with van der Waals surface area (Å²) < 4.78 is 5.17. The molecule has 1 aliphatic carbocycles. The van der Waals surface area contributed by atoms with Crippen molar-refractivity contribution in [2.75, 3.05) is 0 Å². The van der Waals surface area contributed by atoms with Crippen LogP contribution in [0.4, 0.5) is 0 Å². The van der Waals surface area contributed by atoms with Crippen LogP contribution in [0.2, 0.25) is 0 Å². The van der Waals surface area contributed by atoms with Crippen LogP contribution in [0, 0.1) is 0 Å². The molecule has 0 amide bonds. The van der Waals surface area contributed by atoms with E-state index >= 15 is 0 Å². The molecule has 1 aromatic carbocycles. The fourth-order valence-electron chi connectivity index (χ4n) is 2.38. The Morgan fingerprint density at radius 2 is 2.00 bits per heavy atom. The SMILES string of the molecule is O=C(O)c1ccoc1C(O)c1ccccc1C1CC1. The second-order valence-corrected chi connectivity index (χ2v) is 4.81. The average molecular weight is 258 g/mol. The molecule has 98 valence electrons. The zero-order chi connectivity index (χ0) is 13.4. The summed E-state index contributed by atoms with van der Waals surface area (Å²) in [7, 11) is 0. The lowest BCUT2D eigenvalue weighted by Crippen LogP contribution is -2.07. The zero-order valence-electron chi connectivity index (χ0n) is 10.2. The second-order valence-electron chi connectivity index (χ2n) is 4.81. The van der Waals surface area contributed by atoms with Gasteiger partial charge < -0.3 is 14.6 Å². The molecule has 4 nitrogen and oxygen atoms in total. The van der Waals surface area contributed by atoms with Crippen molar-refractivity contribution >= 4 is 5.97 Å². The molecule has 1 aliphatic rings. The van der Waals surface area contributed by atoms with Crippen LogP contribution in [0.15, 0.2) is 41.0 Å². The van der Waals surface area contributed by atoms with Crippen molar-refractivity contribution in [1.82, 2.24) is 0 Å². The normalized spacial score (nSPS) is 16.3. The first-order chi connectivity index (χ1) is 9.18. The van der Waals surface area contributed by atoms with Gasteiger partial charge in [0, 0.05) is 0 Å². The average Bonchev–Trinajstić information content (AvgIpc) is 3.14. The van der Waals surface area contributed by atoms with Gasteiger partial charge in [0.25, 0.3) is 0 Å². The lowest BCUT2D eigenvalue weighted by molar-refractivity contribution is 0.0687. The molecule has 19 heavy (non-hydrogen) atoms. The fourth-order valence-corrected chi connectivity index (χ4v) is 2.38. The van der Waals surface area contributed by atoms with Crippen molar-refractivity contribution in [3.63, 3.8) is 0 Å². The van der Waals surface area contributed by atoms with E-state index in [-0.39, 0.29) is 11.3 Å². The van der Waals surface area contributed by atoms with E-state index in [0.29, 0.717) is 5.92 Å². The summed E-state index contributed by atoms with van der Waals surface area (Å²) in [6, 6.07) is 8.95. The van der Waals surface area contributed by atoms with Crippen LogP contribution in [0.3, 0.4) is 0 Å². The molecule has 1 heterocycles. The smallest absolute Gasteiger partial charge is 0.339 e. The number of aliphatic hydroxyl groups is 1. The van der Waals surface area contributed by atoms with Gasteiger partial charge in [0.15, 0.2) is 5.76 Å². The molecule has 1 unspecified atom stereocenters. The van der Waals surface area contributed by atoms with Gasteiger partial charge in [0.2, 0.25) is 0 Å². The maximum absolute atomic E-state index is 11.1. The minimum absolute atomic E-state index is 0.0121. The Labute approximate surface area is 110 Å². The number of carboxylic acid groups (broad SMARTS) is 1. The Bertz CT molecular complexity index is 610. The number of rotatable bonds is 4. The topological polar surface area (TPSA) is 70.7 Å². The summed E-state index contributed by atoms with van der Waals surface area (Å²) in [5.74, 6) is -0.513. The molecular weight excluding hydrogens is 244 g/mol. The van der Waals surface area contributed by atoms with Crippen molar-refractivity contribution in [1.29, 1.82) is 0 Å². The van der Waals surface area contributed by atoms with E-state index in [9.17, 15) is 9.90 Å². The van der Waals surface area contributed by atoms with Crippen molar-refractivity contribution in [2.24, 2.45) is 0 Å². The summed E-state index contributed by atoms with van der Waals surface area (Å²) in [4.78, 5) is 11.1. The summed E-state index contributed by atoms with van der Waals surface area (Å²) >= 11 is 0. The monoisotopic (exact) mass is 258 g/mol. The minimum Gasteiger partial charge on any atom is -0.478 e. The van der Waals surface area contributed by atoms with Crippen LogP contribution in [-0.4, -0.2) is 16.2 Å². The highest BCUT2D eigenvalue weighted by molar-refractivity contribution is 5.89. The Balaban J connectivity index is 2.02. The van der Waals surface area contributed by atoms with Crippen molar-refractivity contribution in [3.8, 4) is 0 Å². The molecule has 1 fully saturated rings. The number of hydrogen-bond acceptors (Lipinski definition) is 3. The van der Waals surface area contributed by atoms with Crippen LogP contribution >= 0.6 is 0 Å². The molecule has 0 saturated heterocycles. The van der Waals surface area contributed by atoms with E-state index in [2.05, 4.69) is 0 Å². The third-order valence-corrected chi connectivity index (χ3v) is 3.48. The van der Waals surface area contributed by atoms with Crippen LogP contribution in [0.25, 0.3) is 0 Å². The first kappa shape index (κ1) is 12.0. The number of benzene rings is 1. The maximum Gasteiger partial charge on any atom is 0.339 e. The van der Waals surface area contributed by atoms with Gasteiger partial charge in [0.1, 0.15) is 11.7 Å². The number of aliphatic hydroxyl groups excluding tert-OH is 1. The predicted octanol–water partition coefficient (Wildman–Crippen LogP) is 2.94. The van der Waals surface area contributed by atoms with E-state index in [4.69, 9.17) is 9.52 Å². The number of carboxylic acids is 1. The molecule has 3 rings (SSSR count). The number of carbonyl (C=O) groups is 1. The van der Waals surface area contributed by atoms with E-state index in [1.807, 2.05) is 24.3 Å². The van der Waals surface area contributed by atoms with E-state index in [1.165, 1.54) is 12.3 Å². The quantitative estimate of drug-likeness (QED) is 0.884. The summed E-state index contributed by atoms with van der Waals surface area (Å²) in [6.45, 7) is 0. The predicted molar refractivity (Wildman–Crippen MR) is 68.1 cm³/mol. The number of hydrogen-bond donors (Lipinski definition) is 2. The molecule has 0 radical (unpaired) electrons. The molecule has 0 spiro atoms. The molecule has 2 aromatic rings. The maximum atomic E-state index is 11.1. The summed E-state index contributed by atoms with van der Waals surface area (Å²) in [5.41, 5.74) is 1.84. The Kier molecular flexibility index (Phi) is 2.87. The summed E-state index contributed by atoms with van der Waals surface area (Å²) in [6.07, 6.45) is 2.50. The Hall–Kier alpha value is -2.07. The van der Waals surface area contributed by atoms with E-state index < -0.39 is 12.1 Å². The van der Waals surface area contributed by atoms with Gasteiger partial charge >= 0.3 is 5.97 Å². The highest BCUT2D eigenvalue weighted by atomic mass is 16.4. The molecule has 4 heteroatoms. The Morgan fingerprint density at radius 1 is 1.26 bits per heavy atom. The van der Waals surface area contributed by atoms with E-state index in [0.717, 1.165) is 24.0 Å². The van der Waals surface area contributed by atoms with E-state index in [1.54, 1.807) is 0 Å². The number of furan rings is 1. The van der Waals surface area contributed by atoms with Crippen molar-refractivity contribution in [2.45, 2.75) is 24.9 Å². The fraction of sp³-hybridized carbons (Fsp3) is 0.267. The first-order valence-electron chi connectivity index (χ1n) is 6.26. The number of aromatic carboxylic acids is 1. The van der Waals surface area contributed by atoms with Gasteiger partial charge in [0.05, 0.1) is 6.26 Å². The van der Waals surface area contributed by atoms with Crippen molar-refractivity contribution in [3.05, 3.63) is 59.0 Å². The van der Waals surface area contributed by atoms with Crippen LogP contribution in [0.5, 0.6) is 0 Å². The molecule has 1 aromatic heterocycles.